The normalized spacial score (nSPS) is 8.82. The van der Waals surface area contributed by atoms with E-state index < -0.39 is 0 Å². The second-order valence-corrected chi connectivity index (χ2v) is 1.99. The first-order valence-corrected chi connectivity index (χ1v) is 3.03. The van der Waals surface area contributed by atoms with E-state index in [1.54, 1.807) is 14.0 Å². The molecule has 0 spiro atoms. The Morgan fingerprint density at radius 2 is 2.27 bits per heavy atom. The monoisotopic (exact) mass is 149 g/mol. The average Bonchev–Trinajstić information content (AvgIpc) is 2.03. The van der Waals surface area contributed by atoms with Crippen molar-refractivity contribution in [1.29, 1.82) is 5.26 Å². The molecule has 0 radical (unpaired) electrons. The first-order chi connectivity index (χ1) is 5.24. The Kier molecular flexibility index (Phi) is 1.97. The van der Waals surface area contributed by atoms with Crippen LogP contribution >= 0.6 is 0 Å². The second-order valence-electron chi connectivity index (χ2n) is 1.99. The Morgan fingerprint density at radius 3 is 2.82 bits per heavy atom. The van der Waals surface area contributed by atoms with Gasteiger partial charge < -0.3 is 0 Å². The summed E-state index contributed by atoms with van der Waals surface area (Å²) in [4.78, 5) is 12.8. The molecule has 0 saturated carbocycles. The van der Waals surface area contributed by atoms with Crippen molar-refractivity contribution >= 4 is 5.95 Å². The van der Waals surface area contributed by atoms with E-state index in [-0.39, 0.29) is 0 Å². The van der Waals surface area contributed by atoms with E-state index in [9.17, 15) is 0 Å². The molecule has 0 aliphatic heterocycles. The average molecular weight is 149 g/mol. The lowest BCUT2D eigenvalue weighted by Crippen LogP contribution is -2.12. The third kappa shape index (κ3) is 1.61. The van der Waals surface area contributed by atoms with Crippen LogP contribution in [0.5, 0.6) is 0 Å². The van der Waals surface area contributed by atoms with Gasteiger partial charge in [0.05, 0.1) is 0 Å². The number of anilines is 1. The molecule has 5 nitrogen and oxygen atoms in total. The molecular formula is C6H7N5. The van der Waals surface area contributed by atoms with E-state index in [1.807, 2.05) is 6.19 Å². The molecule has 1 aromatic heterocycles. The Bertz CT molecular complexity index is 289. The number of aryl methyl sites for hydroxylation is 1. The van der Waals surface area contributed by atoms with Crippen LogP contribution in [0.4, 0.5) is 5.95 Å². The maximum absolute atomic E-state index is 8.45. The van der Waals surface area contributed by atoms with Gasteiger partial charge in [-0.15, -0.1) is 0 Å². The summed E-state index contributed by atoms with van der Waals surface area (Å²) in [5.74, 6) is 0.983. The highest BCUT2D eigenvalue weighted by atomic mass is 15.2. The number of nitrogens with zero attached hydrogens (tertiary/aromatic N) is 5. The van der Waals surface area contributed by atoms with Gasteiger partial charge >= 0.3 is 0 Å². The summed E-state index contributed by atoms with van der Waals surface area (Å²) in [6.45, 7) is 1.75. The van der Waals surface area contributed by atoms with Crippen LogP contribution in [0.15, 0.2) is 6.33 Å². The molecule has 0 bridgehead atoms. The van der Waals surface area contributed by atoms with Crippen LogP contribution in [0.1, 0.15) is 5.82 Å². The molecule has 0 fully saturated rings. The first-order valence-electron chi connectivity index (χ1n) is 3.03. The quantitative estimate of drug-likeness (QED) is 0.418. The van der Waals surface area contributed by atoms with E-state index in [0.29, 0.717) is 11.8 Å². The molecule has 0 unspecified atom stereocenters. The molecule has 0 aliphatic rings. The van der Waals surface area contributed by atoms with Crippen LogP contribution in [0.25, 0.3) is 0 Å². The van der Waals surface area contributed by atoms with E-state index in [0.717, 1.165) is 0 Å². The molecule has 0 saturated heterocycles. The van der Waals surface area contributed by atoms with Gasteiger partial charge in [-0.05, 0) is 6.92 Å². The van der Waals surface area contributed by atoms with Gasteiger partial charge in [0, 0.05) is 7.05 Å². The summed E-state index contributed by atoms with van der Waals surface area (Å²) < 4.78 is 0. The van der Waals surface area contributed by atoms with Crippen molar-refractivity contribution in [2.24, 2.45) is 0 Å². The summed E-state index contributed by atoms with van der Waals surface area (Å²) in [6.07, 6.45) is 3.27. The van der Waals surface area contributed by atoms with Crippen LogP contribution in [0, 0.1) is 18.4 Å². The Hall–Kier alpha value is -1.70. The fourth-order valence-electron chi connectivity index (χ4n) is 0.573. The topological polar surface area (TPSA) is 65.7 Å². The highest BCUT2D eigenvalue weighted by Crippen LogP contribution is 1.99. The van der Waals surface area contributed by atoms with Gasteiger partial charge in [-0.25, -0.2) is 9.97 Å². The summed E-state index contributed by atoms with van der Waals surface area (Å²) >= 11 is 0. The number of aromatic nitrogens is 3. The molecule has 1 rings (SSSR count). The van der Waals surface area contributed by atoms with Crippen molar-refractivity contribution in [3.05, 3.63) is 12.2 Å². The molecule has 0 aromatic carbocycles. The molecule has 5 heteroatoms. The molecule has 0 atom stereocenters. The highest BCUT2D eigenvalue weighted by Gasteiger charge is 2.01. The molecule has 0 aliphatic carbocycles. The van der Waals surface area contributed by atoms with Gasteiger partial charge in [0.25, 0.3) is 0 Å². The van der Waals surface area contributed by atoms with Gasteiger partial charge in [0.1, 0.15) is 12.2 Å². The lowest BCUT2D eigenvalue weighted by atomic mass is 10.7. The summed E-state index contributed by atoms with van der Waals surface area (Å²) in [5.41, 5.74) is 0. The van der Waals surface area contributed by atoms with Crippen molar-refractivity contribution in [3.63, 3.8) is 0 Å². The molecule has 11 heavy (non-hydrogen) atoms. The smallest absolute Gasteiger partial charge is 0.241 e. The zero-order chi connectivity index (χ0) is 8.27. The zero-order valence-corrected chi connectivity index (χ0v) is 6.31. The van der Waals surface area contributed by atoms with Crippen LogP contribution < -0.4 is 4.90 Å². The highest BCUT2D eigenvalue weighted by molar-refractivity contribution is 5.32. The third-order valence-electron chi connectivity index (χ3n) is 1.13. The van der Waals surface area contributed by atoms with Gasteiger partial charge in [-0.3, -0.25) is 4.90 Å². The van der Waals surface area contributed by atoms with Crippen molar-refractivity contribution < 1.29 is 0 Å². The minimum Gasteiger partial charge on any atom is -0.250 e. The summed E-state index contributed by atoms with van der Waals surface area (Å²) in [5, 5.41) is 8.45. The zero-order valence-electron chi connectivity index (χ0n) is 6.31. The molecular weight excluding hydrogens is 142 g/mol. The van der Waals surface area contributed by atoms with E-state index in [4.69, 9.17) is 5.26 Å². The maximum Gasteiger partial charge on any atom is 0.241 e. The van der Waals surface area contributed by atoms with Crippen molar-refractivity contribution in [2.75, 3.05) is 11.9 Å². The minimum absolute atomic E-state index is 0.375. The fourth-order valence-corrected chi connectivity index (χ4v) is 0.573. The molecule has 1 heterocycles. The van der Waals surface area contributed by atoms with Crippen LogP contribution in [-0.2, 0) is 0 Å². The summed E-state index contributed by atoms with van der Waals surface area (Å²) in [7, 11) is 1.59. The van der Waals surface area contributed by atoms with Crippen molar-refractivity contribution in [1.82, 2.24) is 15.0 Å². The first kappa shape index (κ1) is 7.41. The Balaban J connectivity index is 2.98. The number of hydrogen-bond acceptors (Lipinski definition) is 5. The van der Waals surface area contributed by atoms with Crippen LogP contribution in [0.3, 0.4) is 0 Å². The van der Waals surface area contributed by atoms with Crippen LogP contribution in [0.2, 0.25) is 0 Å². The number of rotatable bonds is 1. The maximum atomic E-state index is 8.45. The van der Waals surface area contributed by atoms with Gasteiger partial charge in [0.15, 0.2) is 6.19 Å². The van der Waals surface area contributed by atoms with Crippen molar-refractivity contribution in [3.8, 4) is 6.19 Å². The summed E-state index contributed by atoms with van der Waals surface area (Å²) in [6, 6.07) is 0. The van der Waals surface area contributed by atoms with Crippen molar-refractivity contribution in [2.45, 2.75) is 6.92 Å². The Morgan fingerprint density at radius 1 is 1.55 bits per heavy atom. The largest absolute Gasteiger partial charge is 0.250 e. The SMILES string of the molecule is Cc1ncnc(N(C)C#N)n1. The van der Waals surface area contributed by atoms with E-state index >= 15 is 0 Å². The van der Waals surface area contributed by atoms with Crippen LogP contribution in [-0.4, -0.2) is 22.0 Å². The lowest BCUT2D eigenvalue weighted by Gasteiger charge is -2.04. The molecule has 0 amide bonds. The predicted molar refractivity (Wildman–Crippen MR) is 38.6 cm³/mol. The predicted octanol–water partition coefficient (Wildman–Crippen LogP) is 0.0973. The number of hydrogen-bond donors (Lipinski definition) is 0. The molecule has 56 valence electrons. The number of nitriles is 1. The van der Waals surface area contributed by atoms with Gasteiger partial charge in [-0.1, -0.05) is 0 Å². The fraction of sp³-hybridized carbons (Fsp3) is 0.333. The third-order valence-corrected chi connectivity index (χ3v) is 1.13. The molecule has 0 N–H and O–H groups in total. The van der Waals surface area contributed by atoms with Gasteiger partial charge in [-0.2, -0.15) is 10.2 Å². The molecule has 1 aromatic rings. The lowest BCUT2D eigenvalue weighted by molar-refractivity contribution is 0.938. The minimum atomic E-state index is 0.375. The second kappa shape index (κ2) is 2.92. The van der Waals surface area contributed by atoms with E-state index in [2.05, 4.69) is 15.0 Å². The van der Waals surface area contributed by atoms with E-state index in [1.165, 1.54) is 11.2 Å². The van der Waals surface area contributed by atoms with Gasteiger partial charge in [0.2, 0.25) is 5.95 Å². The Labute approximate surface area is 64.3 Å². The standard InChI is InChI=1S/C6H7N5/c1-5-8-4-9-6(10-5)11(2)3-7/h4H,1-2H3.